The first kappa shape index (κ1) is 14.0. The molecule has 1 fully saturated rings. The lowest BCUT2D eigenvalue weighted by molar-refractivity contribution is -0.134. The van der Waals surface area contributed by atoms with Crippen molar-refractivity contribution >= 4 is 16.8 Å². The third kappa shape index (κ3) is 2.91. The standard InChI is InChI=1S/C15H20N4O2/c1-10-3-4-13-11(7-10)12(18-19(13)2)8-17-15(20)14-9-16-5-6-21-14/h3-4,7,14,16H,5-6,8-9H2,1-2H3,(H,17,20)/t14-/m0/s1. The normalized spacial score (nSPS) is 18.9. The molecule has 0 bridgehead atoms. The third-order valence-electron chi connectivity index (χ3n) is 3.73. The van der Waals surface area contributed by atoms with Crippen LogP contribution in [0, 0.1) is 6.92 Å². The molecule has 1 amide bonds. The van der Waals surface area contributed by atoms with Crippen molar-refractivity contribution in [3.8, 4) is 0 Å². The Hall–Kier alpha value is -1.92. The molecule has 6 nitrogen and oxygen atoms in total. The predicted octanol–water partition coefficient (Wildman–Crippen LogP) is 0.486. The highest BCUT2D eigenvalue weighted by molar-refractivity contribution is 5.84. The minimum Gasteiger partial charge on any atom is -0.366 e. The Kier molecular flexibility index (Phi) is 3.90. The van der Waals surface area contributed by atoms with Crippen LogP contribution in [0.3, 0.4) is 0 Å². The van der Waals surface area contributed by atoms with Crippen molar-refractivity contribution in [2.45, 2.75) is 19.6 Å². The average Bonchev–Trinajstić information content (AvgIpc) is 2.81. The number of aromatic nitrogens is 2. The minimum absolute atomic E-state index is 0.0892. The van der Waals surface area contributed by atoms with Crippen LogP contribution in [0.25, 0.3) is 10.9 Å². The molecule has 1 aromatic carbocycles. The van der Waals surface area contributed by atoms with Crippen molar-refractivity contribution < 1.29 is 9.53 Å². The first-order valence-corrected chi connectivity index (χ1v) is 7.17. The van der Waals surface area contributed by atoms with Gasteiger partial charge in [0.15, 0.2) is 0 Å². The van der Waals surface area contributed by atoms with E-state index < -0.39 is 6.10 Å². The van der Waals surface area contributed by atoms with Crippen molar-refractivity contribution in [3.05, 3.63) is 29.5 Å². The number of nitrogens with one attached hydrogen (secondary N) is 2. The summed E-state index contributed by atoms with van der Waals surface area (Å²) in [6.07, 6.45) is -0.407. The van der Waals surface area contributed by atoms with Crippen molar-refractivity contribution in [2.24, 2.45) is 7.05 Å². The summed E-state index contributed by atoms with van der Waals surface area (Å²) in [6, 6.07) is 6.22. The van der Waals surface area contributed by atoms with Crippen LogP contribution in [0.5, 0.6) is 0 Å². The van der Waals surface area contributed by atoms with Crippen molar-refractivity contribution in [3.63, 3.8) is 0 Å². The number of fused-ring (bicyclic) bond motifs is 1. The number of morpholine rings is 1. The van der Waals surface area contributed by atoms with Crippen LogP contribution in [0.4, 0.5) is 0 Å². The number of carbonyl (C=O) groups excluding carboxylic acids is 1. The van der Waals surface area contributed by atoms with Crippen LogP contribution < -0.4 is 10.6 Å². The van der Waals surface area contributed by atoms with Gasteiger partial charge in [-0.15, -0.1) is 0 Å². The van der Waals surface area contributed by atoms with Crippen LogP contribution in [0.15, 0.2) is 18.2 Å². The average molecular weight is 288 g/mol. The molecule has 1 atom stereocenters. The summed E-state index contributed by atoms with van der Waals surface area (Å²) in [7, 11) is 1.91. The Balaban J connectivity index is 1.73. The van der Waals surface area contributed by atoms with Gasteiger partial charge in [-0.3, -0.25) is 9.48 Å². The number of hydrogen-bond acceptors (Lipinski definition) is 4. The molecule has 3 rings (SSSR count). The van der Waals surface area contributed by atoms with E-state index >= 15 is 0 Å². The van der Waals surface area contributed by atoms with Gasteiger partial charge < -0.3 is 15.4 Å². The molecule has 2 aromatic rings. The Morgan fingerprint density at radius 2 is 2.43 bits per heavy atom. The van der Waals surface area contributed by atoms with Gasteiger partial charge in [0, 0.05) is 25.5 Å². The summed E-state index contributed by atoms with van der Waals surface area (Å²) in [4.78, 5) is 12.1. The summed E-state index contributed by atoms with van der Waals surface area (Å²) < 4.78 is 7.28. The zero-order valence-corrected chi connectivity index (χ0v) is 12.3. The lowest BCUT2D eigenvalue weighted by Gasteiger charge is -2.22. The van der Waals surface area contributed by atoms with Gasteiger partial charge in [-0.25, -0.2) is 0 Å². The van der Waals surface area contributed by atoms with Crippen LogP contribution in [-0.4, -0.2) is 41.5 Å². The monoisotopic (exact) mass is 288 g/mol. The zero-order chi connectivity index (χ0) is 14.8. The molecule has 0 aliphatic carbocycles. The summed E-state index contributed by atoms with van der Waals surface area (Å²) in [6.45, 7) is 4.40. The van der Waals surface area contributed by atoms with E-state index in [2.05, 4.69) is 40.9 Å². The molecule has 0 spiro atoms. The van der Waals surface area contributed by atoms with E-state index in [1.54, 1.807) is 0 Å². The molecular formula is C15H20N4O2. The maximum atomic E-state index is 12.1. The highest BCUT2D eigenvalue weighted by atomic mass is 16.5. The molecule has 0 saturated carbocycles. The Bertz CT molecular complexity index is 659. The molecule has 1 aliphatic rings. The fourth-order valence-corrected chi connectivity index (χ4v) is 2.60. The summed E-state index contributed by atoms with van der Waals surface area (Å²) >= 11 is 0. The third-order valence-corrected chi connectivity index (χ3v) is 3.73. The van der Waals surface area contributed by atoms with Gasteiger partial charge >= 0.3 is 0 Å². The number of rotatable bonds is 3. The maximum Gasteiger partial charge on any atom is 0.250 e. The van der Waals surface area contributed by atoms with E-state index in [0.29, 0.717) is 19.7 Å². The highest BCUT2D eigenvalue weighted by Crippen LogP contribution is 2.19. The molecule has 6 heteroatoms. The van der Waals surface area contributed by atoms with Crippen molar-refractivity contribution in [2.75, 3.05) is 19.7 Å². The zero-order valence-electron chi connectivity index (χ0n) is 12.3. The van der Waals surface area contributed by atoms with Gasteiger partial charge in [0.2, 0.25) is 0 Å². The van der Waals surface area contributed by atoms with Gasteiger partial charge in [-0.2, -0.15) is 5.10 Å². The second kappa shape index (κ2) is 5.83. The Morgan fingerprint density at radius 1 is 1.57 bits per heavy atom. The van der Waals surface area contributed by atoms with E-state index in [1.807, 2.05) is 11.7 Å². The van der Waals surface area contributed by atoms with Crippen LogP contribution in [0.2, 0.25) is 0 Å². The van der Waals surface area contributed by atoms with Crippen LogP contribution in [-0.2, 0) is 23.1 Å². The number of carbonyl (C=O) groups is 1. The molecule has 2 heterocycles. The summed E-state index contributed by atoms with van der Waals surface area (Å²) in [5, 5.41) is 11.6. The second-order valence-corrected chi connectivity index (χ2v) is 5.37. The van der Waals surface area contributed by atoms with Crippen molar-refractivity contribution in [1.29, 1.82) is 0 Å². The summed E-state index contributed by atoms with van der Waals surface area (Å²) in [5.74, 6) is -0.0892. The smallest absolute Gasteiger partial charge is 0.250 e. The Morgan fingerprint density at radius 3 is 3.19 bits per heavy atom. The minimum atomic E-state index is -0.407. The molecule has 0 radical (unpaired) electrons. The molecule has 1 aliphatic heterocycles. The molecule has 1 saturated heterocycles. The number of benzene rings is 1. The van der Waals surface area contributed by atoms with Crippen LogP contribution in [0.1, 0.15) is 11.3 Å². The molecular weight excluding hydrogens is 268 g/mol. The van der Waals surface area contributed by atoms with E-state index in [4.69, 9.17) is 4.74 Å². The van der Waals surface area contributed by atoms with Crippen molar-refractivity contribution in [1.82, 2.24) is 20.4 Å². The number of nitrogens with zero attached hydrogens (tertiary/aromatic N) is 2. The highest BCUT2D eigenvalue weighted by Gasteiger charge is 2.21. The lowest BCUT2D eigenvalue weighted by Crippen LogP contribution is -2.47. The van der Waals surface area contributed by atoms with Gasteiger partial charge in [0.25, 0.3) is 5.91 Å². The number of hydrogen-bond donors (Lipinski definition) is 2. The largest absolute Gasteiger partial charge is 0.366 e. The Labute approximate surface area is 123 Å². The van der Waals surface area contributed by atoms with E-state index in [1.165, 1.54) is 5.56 Å². The van der Waals surface area contributed by atoms with Gasteiger partial charge in [0.05, 0.1) is 24.4 Å². The first-order valence-electron chi connectivity index (χ1n) is 7.17. The molecule has 2 N–H and O–H groups in total. The molecule has 112 valence electrons. The predicted molar refractivity (Wildman–Crippen MR) is 79.9 cm³/mol. The number of aryl methyl sites for hydroxylation is 2. The maximum absolute atomic E-state index is 12.1. The molecule has 0 unspecified atom stereocenters. The topological polar surface area (TPSA) is 68.2 Å². The lowest BCUT2D eigenvalue weighted by atomic mass is 10.1. The fraction of sp³-hybridized carbons (Fsp3) is 0.467. The van der Waals surface area contributed by atoms with E-state index in [9.17, 15) is 4.79 Å². The first-order chi connectivity index (χ1) is 10.1. The molecule has 1 aromatic heterocycles. The fourth-order valence-electron chi connectivity index (χ4n) is 2.60. The second-order valence-electron chi connectivity index (χ2n) is 5.37. The SMILES string of the molecule is Cc1ccc2c(c1)c(CNC(=O)[C@@H]1CNCCO1)nn2C. The molecule has 21 heavy (non-hydrogen) atoms. The number of ether oxygens (including phenoxy) is 1. The van der Waals surface area contributed by atoms with E-state index in [0.717, 1.165) is 23.1 Å². The number of amides is 1. The van der Waals surface area contributed by atoms with Gasteiger partial charge in [-0.05, 0) is 19.1 Å². The quantitative estimate of drug-likeness (QED) is 0.862. The summed E-state index contributed by atoms with van der Waals surface area (Å²) in [5.41, 5.74) is 3.14. The van der Waals surface area contributed by atoms with E-state index in [-0.39, 0.29) is 5.91 Å². The van der Waals surface area contributed by atoms with Gasteiger partial charge in [0.1, 0.15) is 6.10 Å². The van der Waals surface area contributed by atoms with Crippen LogP contribution >= 0.6 is 0 Å². The van der Waals surface area contributed by atoms with Gasteiger partial charge in [-0.1, -0.05) is 11.6 Å².